The van der Waals surface area contributed by atoms with Crippen molar-refractivity contribution in [2.45, 2.75) is 13.8 Å². The highest BCUT2D eigenvalue weighted by Crippen LogP contribution is 2.08. The van der Waals surface area contributed by atoms with Gasteiger partial charge in [-0.2, -0.15) is 5.10 Å². The van der Waals surface area contributed by atoms with Crippen molar-refractivity contribution in [3.05, 3.63) is 11.8 Å². The summed E-state index contributed by atoms with van der Waals surface area (Å²) < 4.78 is 6.46. The maximum Gasteiger partial charge on any atom is 0.276 e. The number of carbonyl (C=O) groups excluding carboxylic acids is 1. The Hall–Kier alpha value is -2.05. The van der Waals surface area contributed by atoms with Gasteiger partial charge in [0, 0.05) is 14.0 Å². The summed E-state index contributed by atoms with van der Waals surface area (Å²) in [6.45, 7) is 3.98. The van der Waals surface area contributed by atoms with Gasteiger partial charge in [-0.1, -0.05) is 0 Å². The van der Waals surface area contributed by atoms with E-state index in [1.807, 2.05) is 6.92 Å². The molecule has 0 radical (unpaired) electrons. The van der Waals surface area contributed by atoms with Crippen LogP contribution in [0.1, 0.15) is 24.2 Å². The van der Waals surface area contributed by atoms with Gasteiger partial charge in [-0.05, 0) is 6.92 Å². The van der Waals surface area contributed by atoms with Crippen molar-refractivity contribution in [1.82, 2.24) is 15.2 Å². The predicted octanol–water partition coefficient (Wildman–Crippen LogP) is 0.102. The van der Waals surface area contributed by atoms with E-state index in [0.717, 1.165) is 0 Å². The molecule has 3 N–H and O–H groups in total. The van der Waals surface area contributed by atoms with Crippen molar-refractivity contribution in [3.8, 4) is 0 Å². The number of hydrogen-bond acceptors (Lipinski definition) is 5. The number of hydrazone groups is 1. The molecule has 0 spiro atoms. The van der Waals surface area contributed by atoms with E-state index in [9.17, 15) is 4.79 Å². The number of hydrogen-bond donors (Lipinski definition) is 2. The van der Waals surface area contributed by atoms with Gasteiger partial charge in [0.1, 0.15) is 11.4 Å². The van der Waals surface area contributed by atoms with Gasteiger partial charge in [-0.3, -0.25) is 9.48 Å². The molecule has 0 unspecified atom stereocenters. The van der Waals surface area contributed by atoms with E-state index in [1.165, 1.54) is 10.9 Å². The average Bonchev–Trinajstić information content (AvgIpc) is 2.57. The van der Waals surface area contributed by atoms with Gasteiger partial charge in [-0.15, -0.1) is 5.10 Å². The molecule has 0 aromatic carbocycles. The van der Waals surface area contributed by atoms with E-state index >= 15 is 0 Å². The van der Waals surface area contributed by atoms with Crippen molar-refractivity contribution in [2.24, 2.45) is 12.1 Å². The number of nitrogens with two attached hydrogens (primary N) is 1. The van der Waals surface area contributed by atoms with Crippen LogP contribution < -0.4 is 11.2 Å². The molecule has 0 aliphatic rings. The first kappa shape index (κ1) is 12.0. The lowest BCUT2D eigenvalue weighted by atomic mass is 10.3. The van der Waals surface area contributed by atoms with Crippen molar-refractivity contribution < 1.29 is 9.53 Å². The van der Waals surface area contributed by atoms with Crippen LogP contribution in [0.4, 0.5) is 5.82 Å². The first-order valence-corrected chi connectivity index (χ1v) is 4.81. The van der Waals surface area contributed by atoms with Gasteiger partial charge in [-0.25, -0.2) is 5.43 Å². The van der Waals surface area contributed by atoms with Gasteiger partial charge in [0.2, 0.25) is 5.90 Å². The number of rotatable bonds is 3. The van der Waals surface area contributed by atoms with Crippen molar-refractivity contribution in [2.75, 3.05) is 12.3 Å². The molecule has 1 amide bonds. The van der Waals surface area contributed by atoms with Crippen LogP contribution in [0.2, 0.25) is 0 Å². The van der Waals surface area contributed by atoms with Gasteiger partial charge in [0.05, 0.1) is 12.8 Å². The Balaban J connectivity index is 2.66. The maximum atomic E-state index is 11.6. The second-order valence-corrected chi connectivity index (χ2v) is 3.07. The smallest absolute Gasteiger partial charge is 0.276 e. The third-order valence-electron chi connectivity index (χ3n) is 1.90. The molecule has 1 heterocycles. The number of carbonyl (C=O) groups is 1. The number of amides is 1. The summed E-state index contributed by atoms with van der Waals surface area (Å²) in [6, 6.07) is 0. The third kappa shape index (κ3) is 2.72. The molecular formula is C9H15N5O2. The minimum Gasteiger partial charge on any atom is -0.480 e. The van der Waals surface area contributed by atoms with Crippen LogP contribution in [0.25, 0.3) is 0 Å². The monoisotopic (exact) mass is 225 g/mol. The Bertz CT molecular complexity index is 410. The number of aromatic nitrogens is 2. The molecule has 1 aromatic rings. The Morgan fingerprint density at radius 3 is 2.94 bits per heavy atom. The number of anilines is 1. The van der Waals surface area contributed by atoms with Crippen LogP contribution in [0.5, 0.6) is 0 Å². The van der Waals surface area contributed by atoms with Crippen LogP contribution in [-0.2, 0) is 11.8 Å². The third-order valence-corrected chi connectivity index (χ3v) is 1.90. The van der Waals surface area contributed by atoms with Crippen molar-refractivity contribution in [3.63, 3.8) is 0 Å². The molecule has 88 valence electrons. The lowest BCUT2D eigenvalue weighted by molar-refractivity contribution is 0.0954. The largest absolute Gasteiger partial charge is 0.480 e. The molecular weight excluding hydrogens is 210 g/mol. The van der Waals surface area contributed by atoms with Gasteiger partial charge in [0.15, 0.2) is 0 Å². The van der Waals surface area contributed by atoms with Crippen LogP contribution in [0.15, 0.2) is 11.3 Å². The maximum absolute atomic E-state index is 11.6. The molecule has 1 rings (SSSR count). The quantitative estimate of drug-likeness (QED) is 0.433. The zero-order valence-electron chi connectivity index (χ0n) is 9.52. The molecule has 0 bridgehead atoms. The van der Waals surface area contributed by atoms with Crippen LogP contribution in [0.3, 0.4) is 0 Å². The number of aryl methyl sites for hydroxylation is 1. The number of ether oxygens (including phenoxy) is 1. The highest BCUT2D eigenvalue weighted by atomic mass is 16.5. The molecule has 1 aromatic heterocycles. The SMILES string of the molecule is CCOC(C)=NNC(=O)c1cnn(C)c1N. The van der Waals surface area contributed by atoms with Crippen LogP contribution >= 0.6 is 0 Å². The van der Waals surface area contributed by atoms with Crippen molar-refractivity contribution in [1.29, 1.82) is 0 Å². The Labute approximate surface area is 93.3 Å². The summed E-state index contributed by atoms with van der Waals surface area (Å²) in [4.78, 5) is 11.6. The Kier molecular flexibility index (Phi) is 3.87. The summed E-state index contributed by atoms with van der Waals surface area (Å²) in [5.74, 6) is 0.268. The topological polar surface area (TPSA) is 94.5 Å². The fraction of sp³-hybridized carbons (Fsp3) is 0.444. The first-order chi connectivity index (χ1) is 7.56. The number of nitrogen functional groups attached to an aromatic ring is 1. The van der Waals surface area contributed by atoms with Gasteiger partial charge in [0.25, 0.3) is 5.91 Å². The fourth-order valence-electron chi connectivity index (χ4n) is 1.05. The van der Waals surface area contributed by atoms with E-state index in [0.29, 0.717) is 18.3 Å². The van der Waals surface area contributed by atoms with E-state index in [1.54, 1.807) is 14.0 Å². The van der Waals surface area contributed by atoms with E-state index in [4.69, 9.17) is 10.5 Å². The number of nitrogens with one attached hydrogen (secondary N) is 1. The summed E-state index contributed by atoms with van der Waals surface area (Å²) in [7, 11) is 1.65. The molecule has 0 aliphatic carbocycles. The minimum absolute atomic E-state index is 0.288. The molecule has 0 aliphatic heterocycles. The van der Waals surface area contributed by atoms with Gasteiger partial charge < -0.3 is 10.5 Å². The summed E-state index contributed by atoms with van der Waals surface area (Å²) in [5, 5.41) is 7.59. The Morgan fingerprint density at radius 1 is 1.75 bits per heavy atom. The second kappa shape index (κ2) is 5.15. The fourth-order valence-corrected chi connectivity index (χ4v) is 1.05. The van der Waals surface area contributed by atoms with E-state index in [-0.39, 0.29) is 5.56 Å². The Morgan fingerprint density at radius 2 is 2.44 bits per heavy atom. The zero-order chi connectivity index (χ0) is 12.1. The average molecular weight is 225 g/mol. The predicted molar refractivity (Wildman–Crippen MR) is 59.8 cm³/mol. The molecule has 0 fully saturated rings. The molecule has 0 saturated heterocycles. The molecule has 0 saturated carbocycles. The van der Waals surface area contributed by atoms with Crippen LogP contribution in [-0.4, -0.2) is 28.2 Å². The van der Waals surface area contributed by atoms with E-state index < -0.39 is 5.91 Å². The zero-order valence-corrected chi connectivity index (χ0v) is 9.52. The summed E-state index contributed by atoms with van der Waals surface area (Å²) in [5.41, 5.74) is 8.24. The highest BCUT2D eigenvalue weighted by molar-refractivity contribution is 5.98. The number of nitrogens with zero attached hydrogens (tertiary/aromatic N) is 3. The van der Waals surface area contributed by atoms with Crippen molar-refractivity contribution >= 4 is 17.6 Å². The standard InChI is InChI=1S/C9H15N5O2/c1-4-16-6(2)12-13-9(15)7-5-11-14(3)8(7)10/h5H,4,10H2,1-3H3,(H,13,15). The minimum atomic E-state index is -0.412. The first-order valence-electron chi connectivity index (χ1n) is 4.81. The lowest BCUT2D eigenvalue weighted by Crippen LogP contribution is -2.20. The highest BCUT2D eigenvalue weighted by Gasteiger charge is 2.12. The van der Waals surface area contributed by atoms with Gasteiger partial charge >= 0.3 is 0 Å². The molecule has 7 nitrogen and oxygen atoms in total. The van der Waals surface area contributed by atoms with E-state index in [2.05, 4.69) is 15.6 Å². The molecule has 7 heteroatoms. The normalized spacial score (nSPS) is 11.3. The lowest BCUT2D eigenvalue weighted by Gasteiger charge is -2.02. The van der Waals surface area contributed by atoms with Crippen LogP contribution in [0, 0.1) is 0 Å². The molecule has 0 atom stereocenters. The second-order valence-electron chi connectivity index (χ2n) is 3.07. The summed E-state index contributed by atoms with van der Waals surface area (Å²) >= 11 is 0. The summed E-state index contributed by atoms with van der Waals surface area (Å²) in [6.07, 6.45) is 1.39. The molecule has 16 heavy (non-hydrogen) atoms.